The van der Waals surface area contributed by atoms with Crippen LogP contribution >= 0.6 is 39.1 Å². The van der Waals surface area contributed by atoms with Gasteiger partial charge >= 0.3 is 0 Å². The Morgan fingerprint density at radius 2 is 1.80 bits per heavy atom. The van der Waals surface area contributed by atoms with Crippen molar-refractivity contribution in [1.29, 1.82) is 0 Å². The molecule has 0 aromatic heterocycles. The first kappa shape index (κ1) is 15.3. The Morgan fingerprint density at radius 3 is 2.50 bits per heavy atom. The summed E-state index contributed by atoms with van der Waals surface area (Å²) in [7, 11) is 0. The van der Waals surface area contributed by atoms with Gasteiger partial charge in [-0.1, -0.05) is 29.3 Å². The summed E-state index contributed by atoms with van der Waals surface area (Å²) >= 11 is 15.4. The fourth-order valence-corrected chi connectivity index (χ4v) is 2.43. The normalized spacial score (nSPS) is 10.4. The third-order valence-corrected chi connectivity index (χ3v) is 4.01. The zero-order chi connectivity index (χ0) is 14.7. The van der Waals surface area contributed by atoms with Gasteiger partial charge in [0.2, 0.25) is 0 Å². The predicted molar refractivity (Wildman–Crippen MR) is 86.3 cm³/mol. The van der Waals surface area contributed by atoms with Crippen LogP contribution in [0.1, 0.15) is 6.92 Å². The van der Waals surface area contributed by atoms with Crippen molar-refractivity contribution in [3.05, 3.63) is 44.8 Å². The van der Waals surface area contributed by atoms with Gasteiger partial charge in [0.1, 0.15) is 17.2 Å². The van der Waals surface area contributed by atoms with Crippen LogP contribution in [0.25, 0.3) is 0 Å². The summed E-state index contributed by atoms with van der Waals surface area (Å²) < 4.78 is 11.8. The first-order valence-electron chi connectivity index (χ1n) is 5.86. The number of benzene rings is 2. The molecule has 0 amide bonds. The van der Waals surface area contributed by atoms with Crippen molar-refractivity contribution in [2.24, 2.45) is 0 Å². The van der Waals surface area contributed by atoms with E-state index in [4.69, 9.17) is 38.4 Å². The van der Waals surface area contributed by atoms with E-state index in [1.807, 2.05) is 6.92 Å². The molecule has 2 aromatic rings. The number of nitrogen functional groups attached to an aromatic ring is 1. The molecule has 0 unspecified atom stereocenters. The largest absolute Gasteiger partial charge is 0.492 e. The van der Waals surface area contributed by atoms with Crippen LogP contribution in [0.4, 0.5) is 5.69 Å². The molecule has 0 saturated heterocycles. The highest BCUT2D eigenvalue weighted by Crippen LogP contribution is 2.40. The number of anilines is 1. The molecule has 2 aromatic carbocycles. The summed E-state index contributed by atoms with van der Waals surface area (Å²) in [6.07, 6.45) is 0. The Balaban J connectivity index is 2.35. The Kier molecular flexibility index (Phi) is 5.02. The lowest BCUT2D eigenvalue weighted by atomic mass is 10.2. The second kappa shape index (κ2) is 6.57. The molecule has 2 rings (SSSR count). The standard InChI is InChI=1S/C14H12BrCl2NO2/c1-2-19-11-4-3-5-12(14(11)18)20-13-7-9(16)8(15)6-10(13)17/h3-7H,2,18H2,1H3. The summed E-state index contributed by atoms with van der Waals surface area (Å²) in [4.78, 5) is 0. The van der Waals surface area contributed by atoms with Crippen LogP contribution in [0.3, 0.4) is 0 Å². The van der Waals surface area contributed by atoms with Gasteiger partial charge in [-0.3, -0.25) is 0 Å². The van der Waals surface area contributed by atoms with E-state index >= 15 is 0 Å². The Morgan fingerprint density at radius 1 is 1.10 bits per heavy atom. The van der Waals surface area contributed by atoms with E-state index < -0.39 is 0 Å². The molecule has 0 fully saturated rings. The van der Waals surface area contributed by atoms with E-state index in [-0.39, 0.29) is 0 Å². The number of hydrogen-bond acceptors (Lipinski definition) is 3. The van der Waals surface area contributed by atoms with Gasteiger partial charge in [0, 0.05) is 10.5 Å². The van der Waals surface area contributed by atoms with Crippen LogP contribution in [0, 0.1) is 0 Å². The van der Waals surface area contributed by atoms with E-state index in [1.54, 1.807) is 30.3 Å². The lowest BCUT2D eigenvalue weighted by molar-refractivity contribution is 0.340. The van der Waals surface area contributed by atoms with Crippen LogP contribution in [0.5, 0.6) is 17.2 Å². The van der Waals surface area contributed by atoms with Gasteiger partial charge in [0.15, 0.2) is 5.75 Å². The van der Waals surface area contributed by atoms with Gasteiger partial charge in [-0.2, -0.15) is 0 Å². The summed E-state index contributed by atoms with van der Waals surface area (Å²) in [6, 6.07) is 8.61. The number of ether oxygens (including phenoxy) is 2. The van der Waals surface area contributed by atoms with Gasteiger partial charge < -0.3 is 15.2 Å². The summed E-state index contributed by atoms with van der Waals surface area (Å²) in [5.41, 5.74) is 6.42. The number of rotatable bonds is 4. The highest BCUT2D eigenvalue weighted by molar-refractivity contribution is 9.10. The van der Waals surface area contributed by atoms with Crippen molar-refractivity contribution < 1.29 is 9.47 Å². The summed E-state index contributed by atoms with van der Waals surface area (Å²) in [5, 5.41) is 0.937. The third-order valence-electron chi connectivity index (χ3n) is 2.52. The molecule has 0 aliphatic carbocycles. The molecular weight excluding hydrogens is 365 g/mol. The minimum atomic E-state index is 0.421. The van der Waals surface area contributed by atoms with E-state index in [0.717, 1.165) is 0 Å². The van der Waals surface area contributed by atoms with E-state index in [2.05, 4.69) is 15.9 Å². The van der Waals surface area contributed by atoms with Crippen LogP contribution in [0.2, 0.25) is 10.0 Å². The Labute approximate surface area is 135 Å². The second-order valence-electron chi connectivity index (χ2n) is 3.90. The van der Waals surface area contributed by atoms with Crippen LogP contribution < -0.4 is 15.2 Å². The monoisotopic (exact) mass is 375 g/mol. The van der Waals surface area contributed by atoms with Crippen LogP contribution in [-0.2, 0) is 0 Å². The molecule has 20 heavy (non-hydrogen) atoms. The molecule has 0 saturated carbocycles. The van der Waals surface area contributed by atoms with Gasteiger partial charge in [-0.05, 0) is 41.1 Å². The van der Waals surface area contributed by atoms with E-state index in [1.165, 1.54) is 0 Å². The van der Waals surface area contributed by atoms with Crippen molar-refractivity contribution >= 4 is 44.8 Å². The van der Waals surface area contributed by atoms with Crippen molar-refractivity contribution in [2.75, 3.05) is 12.3 Å². The first-order chi connectivity index (χ1) is 9.52. The SMILES string of the molecule is CCOc1cccc(Oc2cc(Cl)c(Br)cc2Cl)c1N. The lowest BCUT2D eigenvalue weighted by Gasteiger charge is -2.13. The molecule has 6 heteroatoms. The zero-order valence-corrected chi connectivity index (χ0v) is 13.7. The van der Waals surface area contributed by atoms with Gasteiger partial charge in [-0.15, -0.1) is 0 Å². The Hall–Kier alpha value is -1.10. The average Bonchev–Trinajstić information content (AvgIpc) is 2.40. The summed E-state index contributed by atoms with van der Waals surface area (Å²) in [5.74, 6) is 1.47. The molecule has 0 bridgehead atoms. The number of hydrogen-bond donors (Lipinski definition) is 1. The van der Waals surface area contributed by atoms with Gasteiger partial charge in [0.25, 0.3) is 0 Å². The maximum atomic E-state index is 6.12. The van der Waals surface area contributed by atoms with Crippen molar-refractivity contribution in [3.63, 3.8) is 0 Å². The second-order valence-corrected chi connectivity index (χ2v) is 5.57. The van der Waals surface area contributed by atoms with Gasteiger partial charge in [-0.25, -0.2) is 0 Å². The molecule has 0 heterocycles. The third kappa shape index (κ3) is 3.32. The Bertz CT molecular complexity index is 635. The average molecular weight is 377 g/mol. The topological polar surface area (TPSA) is 44.5 Å². The smallest absolute Gasteiger partial charge is 0.154 e. The predicted octanol–water partition coefficient (Wildman–Crippen LogP) is 5.53. The summed E-state index contributed by atoms with van der Waals surface area (Å²) in [6.45, 7) is 2.41. The minimum absolute atomic E-state index is 0.421. The van der Waals surface area contributed by atoms with Crippen LogP contribution in [-0.4, -0.2) is 6.61 Å². The maximum Gasteiger partial charge on any atom is 0.154 e. The maximum absolute atomic E-state index is 6.12. The first-order valence-corrected chi connectivity index (χ1v) is 7.41. The molecule has 0 radical (unpaired) electrons. The van der Waals surface area contributed by atoms with Crippen LogP contribution in [0.15, 0.2) is 34.8 Å². The molecule has 0 aliphatic heterocycles. The van der Waals surface area contributed by atoms with E-state index in [0.29, 0.717) is 44.1 Å². The van der Waals surface area contributed by atoms with Gasteiger partial charge in [0.05, 0.1) is 16.7 Å². The highest BCUT2D eigenvalue weighted by atomic mass is 79.9. The molecule has 0 atom stereocenters. The number of halogens is 3. The molecule has 3 nitrogen and oxygen atoms in total. The fourth-order valence-electron chi connectivity index (χ4n) is 1.60. The van der Waals surface area contributed by atoms with Crippen molar-refractivity contribution in [3.8, 4) is 17.2 Å². The molecule has 0 spiro atoms. The minimum Gasteiger partial charge on any atom is -0.492 e. The van der Waals surface area contributed by atoms with Crippen molar-refractivity contribution in [1.82, 2.24) is 0 Å². The molecular formula is C14H12BrCl2NO2. The molecule has 0 aliphatic rings. The number of para-hydroxylation sites is 1. The lowest BCUT2D eigenvalue weighted by Crippen LogP contribution is -1.99. The molecule has 2 N–H and O–H groups in total. The zero-order valence-electron chi connectivity index (χ0n) is 10.6. The molecule has 106 valence electrons. The quantitative estimate of drug-likeness (QED) is 0.563. The fraction of sp³-hybridized carbons (Fsp3) is 0.143. The van der Waals surface area contributed by atoms with E-state index in [9.17, 15) is 0 Å². The number of nitrogens with two attached hydrogens (primary N) is 1. The van der Waals surface area contributed by atoms with Crippen molar-refractivity contribution in [2.45, 2.75) is 6.92 Å². The highest BCUT2D eigenvalue weighted by Gasteiger charge is 2.12.